The molecule has 2 bridgehead atoms. The van der Waals surface area contributed by atoms with E-state index in [4.69, 9.17) is 18.5 Å². The van der Waals surface area contributed by atoms with Crippen molar-refractivity contribution < 1.29 is 32.3 Å². The van der Waals surface area contributed by atoms with Crippen molar-refractivity contribution in [1.82, 2.24) is 4.90 Å². The van der Waals surface area contributed by atoms with Crippen LogP contribution in [0.2, 0.25) is 0 Å². The van der Waals surface area contributed by atoms with Crippen molar-refractivity contribution in [3.8, 4) is 0 Å². The van der Waals surface area contributed by atoms with Crippen LogP contribution in [-0.4, -0.2) is 47.2 Å². The highest BCUT2D eigenvalue weighted by molar-refractivity contribution is 7.41. The molecule has 2 unspecified atom stereocenters. The maximum absolute atomic E-state index is 13.8. The molecule has 1 amide bonds. The van der Waals surface area contributed by atoms with Gasteiger partial charge in [0.2, 0.25) is 11.8 Å². The smallest absolute Gasteiger partial charge is 0.375 e. The standard InChI is InChI=1S/C15H21FNO6P/c1-8-9(18)5-12-17(14(8)19)13-6-10(21-12)11(22-13)7-20-24(16)23-15(2,3)4/h5,8,10-11,13H,6-7H2,1-4H3/t8?,10-,11-,13-,24?/m1/s1. The molecule has 0 aliphatic carbocycles. The Morgan fingerprint density at radius 1 is 1.42 bits per heavy atom. The van der Waals surface area contributed by atoms with Crippen LogP contribution < -0.4 is 0 Å². The zero-order chi connectivity index (χ0) is 17.6. The number of fused-ring (bicyclic) bond motifs is 4. The number of carbonyl (C=O) groups excluding carboxylic acids is 2. The molecule has 0 N–H and O–H groups in total. The van der Waals surface area contributed by atoms with E-state index in [0.717, 1.165) is 0 Å². The summed E-state index contributed by atoms with van der Waals surface area (Å²) in [6.45, 7) is 6.73. The monoisotopic (exact) mass is 361 g/mol. The molecular formula is C15H21FNO6P. The summed E-state index contributed by atoms with van der Waals surface area (Å²) in [7, 11) is -2.53. The lowest BCUT2D eigenvalue weighted by Crippen LogP contribution is -2.50. The number of hydrogen-bond acceptors (Lipinski definition) is 6. The third kappa shape index (κ3) is 3.47. The van der Waals surface area contributed by atoms with Crippen LogP contribution in [0.1, 0.15) is 34.1 Å². The van der Waals surface area contributed by atoms with Gasteiger partial charge in [-0.25, -0.2) is 0 Å². The molecule has 0 aromatic heterocycles. The Kier molecular flexibility index (Phi) is 4.68. The number of ketones is 1. The fourth-order valence-corrected chi connectivity index (χ4v) is 3.54. The number of nitrogens with zero attached hydrogens (tertiary/aromatic N) is 1. The molecule has 2 fully saturated rings. The van der Waals surface area contributed by atoms with Crippen molar-refractivity contribution in [2.75, 3.05) is 6.61 Å². The van der Waals surface area contributed by atoms with Crippen LogP contribution >= 0.6 is 8.69 Å². The lowest BCUT2D eigenvalue weighted by molar-refractivity contribution is -0.154. The quantitative estimate of drug-likeness (QED) is 0.566. The second kappa shape index (κ2) is 6.33. The van der Waals surface area contributed by atoms with Crippen molar-refractivity contribution in [3.05, 3.63) is 12.0 Å². The number of carbonyl (C=O) groups is 2. The molecule has 24 heavy (non-hydrogen) atoms. The van der Waals surface area contributed by atoms with E-state index in [1.807, 2.05) is 0 Å². The molecule has 0 aromatic carbocycles. The Morgan fingerprint density at radius 3 is 2.79 bits per heavy atom. The normalized spacial score (nSPS) is 33.9. The maximum atomic E-state index is 13.8. The van der Waals surface area contributed by atoms with E-state index in [1.54, 1.807) is 27.7 Å². The highest BCUT2D eigenvalue weighted by Crippen LogP contribution is 2.45. The molecule has 7 nitrogen and oxygen atoms in total. The van der Waals surface area contributed by atoms with Crippen LogP contribution in [0.3, 0.4) is 0 Å². The lowest BCUT2D eigenvalue weighted by Gasteiger charge is -2.37. The predicted molar refractivity (Wildman–Crippen MR) is 82.1 cm³/mol. The van der Waals surface area contributed by atoms with Crippen LogP contribution in [0, 0.1) is 5.92 Å². The highest BCUT2D eigenvalue weighted by Gasteiger charge is 2.51. The summed E-state index contributed by atoms with van der Waals surface area (Å²) in [6, 6.07) is 0. The van der Waals surface area contributed by atoms with Gasteiger partial charge in [0.15, 0.2) is 5.78 Å². The first kappa shape index (κ1) is 17.7. The first-order valence-corrected chi connectivity index (χ1v) is 8.91. The number of rotatable bonds is 4. The Bertz CT molecular complexity index is 577. The van der Waals surface area contributed by atoms with Crippen molar-refractivity contribution in [2.24, 2.45) is 5.92 Å². The predicted octanol–water partition coefficient (Wildman–Crippen LogP) is 2.42. The molecule has 0 radical (unpaired) electrons. The number of amides is 1. The molecule has 3 heterocycles. The second-order valence-corrected chi connectivity index (χ2v) is 7.91. The van der Waals surface area contributed by atoms with E-state index < -0.39 is 32.5 Å². The molecule has 0 saturated carbocycles. The minimum Gasteiger partial charge on any atom is -0.472 e. The molecule has 3 aliphatic rings. The van der Waals surface area contributed by atoms with Crippen LogP contribution in [-0.2, 0) is 28.1 Å². The van der Waals surface area contributed by atoms with Gasteiger partial charge in [0, 0.05) is 12.5 Å². The Balaban J connectivity index is 1.63. The van der Waals surface area contributed by atoms with E-state index in [2.05, 4.69) is 0 Å². The lowest BCUT2D eigenvalue weighted by atomic mass is 9.99. The summed E-state index contributed by atoms with van der Waals surface area (Å²) in [5, 5.41) is 0. The average molecular weight is 361 g/mol. The van der Waals surface area contributed by atoms with Gasteiger partial charge in [-0.1, -0.05) is 0 Å². The van der Waals surface area contributed by atoms with Crippen LogP contribution in [0.5, 0.6) is 0 Å². The third-order valence-electron chi connectivity index (χ3n) is 3.96. The maximum Gasteiger partial charge on any atom is 0.375 e. The van der Waals surface area contributed by atoms with Crippen molar-refractivity contribution in [3.63, 3.8) is 0 Å². The van der Waals surface area contributed by atoms with Gasteiger partial charge in [-0.2, -0.15) is 4.20 Å². The summed E-state index contributed by atoms with van der Waals surface area (Å²) >= 11 is 0. The first-order chi connectivity index (χ1) is 11.2. The highest BCUT2D eigenvalue weighted by atomic mass is 31.2. The average Bonchev–Trinajstić information content (AvgIpc) is 2.77. The van der Waals surface area contributed by atoms with Crippen LogP contribution in [0.15, 0.2) is 12.0 Å². The second-order valence-electron chi connectivity index (χ2n) is 7.05. The Hall–Kier alpha value is -1.08. The van der Waals surface area contributed by atoms with E-state index in [-0.39, 0.29) is 30.3 Å². The molecule has 9 heteroatoms. The van der Waals surface area contributed by atoms with Gasteiger partial charge in [-0.05, 0) is 27.7 Å². The summed E-state index contributed by atoms with van der Waals surface area (Å²) in [5.74, 6) is -1.16. The van der Waals surface area contributed by atoms with Gasteiger partial charge >= 0.3 is 8.69 Å². The number of ether oxygens (including phenoxy) is 2. The van der Waals surface area contributed by atoms with Crippen LogP contribution in [0.25, 0.3) is 0 Å². The Morgan fingerprint density at radius 2 is 2.12 bits per heavy atom. The summed E-state index contributed by atoms with van der Waals surface area (Å²) in [6.07, 6.45) is 0.361. The largest absolute Gasteiger partial charge is 0.472 e. The van der Waals surface area contributed by atoms with Crippen molar-refractivity contribution >= 4 is 20.4 Å². The summed E-state index contributed by atoms with van der Waals surface area (Å²) in [4.78, 5) is 25.4. The number of hydrogen-bond donors (Lipinski definition) is 0. The molecule has 0 aromatic rings. The topological polar surface area (TPSA) is 74.3 Å². The molecule has 2 saturated heterocycles. The van der Waals surface area contributed by atoms with Gasteiger partial charge < -0.3 is 18.5 Å². The molecule has 134 valence electrons. The van der Waals surface area contributed by atoms with Gasteiger partial charge in [0.05, 0.1) is 18.1 Å². The summed E-state index contributed by atoms with van der Waals surface area (Å²) in [5.41, 5.74) is -0.641. The van der Waals surface area contributed by atoms with E-state index in [9.17, 15) is 13.8 Å². The molecular weight excluding hydrogens is 340 g/mol. The van der Waals surface area contributed by atoms with E-state index >= 15 is 0 Å². The molecule has 5 atom stereocenters. The summed E-state index contributed by atoms with van der Waals surface area (Å²) < 4.78 is 35.5. The molecule has 3 aliphatic heterocycles. The first-order valence-electron chi connectivity index (χ1n) is 7.84. The Labute approximate surface area is 141 Å². The molecule has 3 rings (SSSR count). The third-order valence-corrected chi connectivity index (χ3v) is 5.01. The zero-order valence-electron chi connectivity index (χ0n) is 14.0. The van der Waals surface area contributed by atoms with E-state index in [1.165, 1.54) is 11.0 Å². The number of allylic oxidation sites excluding steroid dienone is 1. The van der Waals surface area contributed by atoms with Crippen LogP contribution in [0.4, 0.5) is 4.20 Å². The van der Waals surface area contributed by atoms with Crippen molar-refractivity contribution in [1.29, 1.82) is 0 Å². The minimum absolute atomic E-state index is 0.0434. The van der Waals surface area contributed by atoms with Gasteiger partial charge in [0.25, 0.3) is 0 Å². The zero-order valence-corrected chi connectivity index (χ0v) is 14.9. The fourth-order valence-electron chi connectivity index (χ4n) is 2.79. The van der Waals surface area contributed by atoms with Gasteiger partial charge in [0.1, 0.15) is 18.4 Å². The van der Waals surface area contributed by atoms with Gasteiger partial charge in [-0.3, -0.25) is 14.5 Å². The van der Waals surface area contributed by atoms with Gasteiger partial charge in [-0.15, -0.1) is 0 Å². The number of halogens is 1. The minimum atomic E-state index is -2.53. The molecule has 0 spiro atoms. The SMILES string of the molecule is CC1C(=O)C=C2O[C@@H]3C[C@@H](O[C@@H]3COP(F)OC(C)(C)C)N2C1=O. The van der Waals surface area contributed by atoms with E-state index in [0.29, 0.717) is 6.42 Å². The fraction of sp³-hybridized carbons (Fsp3) is 0.733. The van der Waals surface area contributed by atoms with Crippen molar-refractivity contribution in [2.45, 2.75) is 58.2 Å².